The second-order valence-electron chi connectivity index (χ2n) is 4.43. The zero-order chi connectivity index (χ0) is 14.4. The number of nitrogens with zero attached hydrogens (tertiary/aromatic N) is 2. The second-order valence-corrected chi connectivity index (χ2v) is 4.95. The van der Waals surface area contributed by atoms with Gasteiger partial charge in [-0.15, -0.1) is 0 Å². The van der Waals surface area contributed by atoms with Gasteiger partial charge in [0.15, 0.2) is 11.5 Å². The molecular weight excluding hydrogens is 262 g/mol. The highest BCUT2D eigenvalue weighted by atomic mass is 32.1. The molecule has 0 aliphatic rings. The third kappa shape index (κ3) is 4.33. The van der Waals surface area contributed by atoms with Gasteiger partial charge in [0.1, 0.15) is 5.69 Å². The van der Waals surface area contributed by atoms with Crippen molar-refractivity contribution in [3.05, 3.63) is 18.0 Å². The Bertz CT molecular complexity index is 440. The fraction of sp³-hybridized carbons (Fsp3) is 0.538. The van der Waals surface area contributed by atoms with Crippen molar-refractivity contribution < 1.29 is 9.47 Å². The predicted molar refractivity (Wildman–Crippen MR) is 79.7 cm³/mol. The lowest BCUT2D eigenvalue weighted by molar-refractivity contribution is 0.246. The molecule has 19 heavy (non-hydrogen) atoms. The summed E-state index contributed by atoms with van der Waals surface area (Å²) in [5.74, 6) is 1.35. The van der Waals surface area contributed by atoms with Gasteiger partial charge in [0, 0.05) is 31.3 Å². The molecule has 6 heteroatoms. The van der Waals surface area contributed by atoms with E-state index in [2.05, 4.69) is 16.8 Å². The molecule has 0 radical (unpaired) electrons. The minimum absolute atomic E-state index is 0.246. The number of hydrogen-bond acceptors (Lipinski definition) is 5. The molecule has 0 fully saturated rings. The molecule has 1 heterocycles. The molecule has 0 spiro atoms. The Kier molecular flexibility index (Phi) is 5.98. The number of hydrogen-bond donors (Lipinski definition) is 1. The van der Waals surface area contributed by atoms with Crippen LogP contribution in [0.4, 0.5) is 0 Å². The number of aromatic nitrogens is 1. The number of nitrogens with two attached hydrogens (primary N) is 1. The minimum Gasteiger partial charge on any atom is -0.493 e. The molecule has 1 aromatic heterocycles. The third-order valence-corrected chi connectivity index (χ3v) is 3.18. The second kappa shape index (κ2) is 7.25. The maximum absolute atomic E-state index is 5.57. The summed E-state index contributed by atoms with van der Waals surface area (Å²) in [6.45, 7) is 2.72. The van der Waals surface area contributed by atoms with Crippen molar-refractivity contribution in [3.63, 3.8) is 0 Å². The highest BCUT2D eigenvalue weighted by molar-refractivity contribution is 7.80. The molecular formula is C13H21N3O2S. The normalized spacial score (nSPS) is 12.3. The van der Waals surface area contributed by atoms with E-state index in [1.807, 2.05) is 7.05 Å². The Morgan fingerprint density at radius 1 is 1.47 bits per heavy atom. The van der Waals surface area contributed by atoms with Crippen LogP contribution < -0.4 is 15.2 Å². The molecule has 1 unspecified atom stereocenters. The van der Waals surface area contributed by atoms with Gasteiger partial charge >= 0.3 is 0 Å². The lowest BCUT2D eigenvalue weighted by Gasteiger charge is -2.24. The minimum atomic E-state index is 0.246. The summed E-state index contributed by atoms with van der Waals surface area (Å²) in [4.78, 5) is 7.00. The summed E-state index contributed by atoms with van der Waals surface area (Å²) in [5, 5.41) is 0. The van der Waals surface area contributed by atoms with Crippen LogP contribution in [0.2, 0.25) is 0 Å². The van der Waals surface area contributed by atoms with Crippen molar-refractivity contribution in [1.29, 1.82) is 0 Å². The third-order valence-electron chi connectivity index (χ3n) is 3.01. The van der Waals surface area contributed by atoms with E-state index in [1.54, 1.807) is 26.5 Å². The number of pyridine rings is 1. The Morgan fingerprint density at radius 3 is 2.68 bits per heavy atom. The van der Waals surface area contributed by atoms with Crippen molar-refractivity contribution in [3.8, 4) is 11.5 Å². The van der Waals surface area contributed by atoms with E-state index in [0.717, 1.165) is 5.69 Å². The molecule has 0 aromatic carbocycles. The fourth-order valence-corrected chi connectivity index (χ4v) is 2.04. The average Bonchev–Trinajstić information content (AvgIpc) is 2.37. The van der Waals surface area contributed by atoms with Crippen molar-refractivity contribution in [2.75, 3.05) is 21.3 Å². The monoisotopic (exact) mass is 283 g/mol. The molecule has 1 rings (SSSR count). The van der Waals surface area contributed by atoms with Gasteiger partial charge in [0.05, 0.1) is 19.2 Å². The Morgan fingerprint density at radius 2 is 2.16 bits per heavy atom. The van der Waals surface area contributed by atoms with Crippen molar-refractivity contribution in [2.45, 2.75) is 25.9 Å². The zero-order valence-corrected chi connectivity index (χ0v) is 12.7. The van der Waals surface area contributed by atoms with Crippen molar-refractivity contribution in [1.82, 2.24) is 9.88 Å². The molecule has 106 valence electrons. The van der Waals surface area contributed by atoms with Crippen LogP contribution in [0, 0.1) is 0 Å². The summed E-state index contributed by atoms with van der Waals surface area (Å²) in [6, 6.07) is 2.02. The van der Waals surface area contributed by atoms with Crippen LogP contribution in [-0.4, -0.2) is 42.2 Å². The lowest BCUT2D eigenvalue weighted by atomic mass is 10.2. The quantitative estimate of drug-likeness (QED) is 0.767. The standard InChI is InChI=1S/C13H21N3O2S/c1-9(7-12(14)19)16(2)8-10-13(18-4)11(17-3)5-6-15-10/h5-6,9H,7-8H2,1-4H3,(H2,14,19). The van der Waals surface area contributed by atoms with Crippen LogP contribution in [0.25, 0.3) is 0 Å². The van der Waals surface area contributed by atoms with E-state index in [-0.39, 0.29) is 6.04 Å². The van der Waals surface area contributed by atoms with Gasteiger partial charge in [0.25, 0.3) is 0 Å². The van der Waals surface area contributed by atoms with E-state index in [0.29, 0.717) is 29.5 Å². The number of ether oxygens (including phenoxy) is 2. The molecule has 0 saturated carbocycles. The van der Waals surface area contributed by atoms with Crippen LogP contribution in [0.15, 0.2) is 12.3 Å². The molecule has 5 nitrogen and oxygen atoms in total. The first-order valence-corrected chi connectivity index (χ1v) is 6.44. The first-order chi connectivity index (χ1) is 8.99. The summed E-state index contributed by atoms with van der Waals surface area (Å²) in [7, 11) is 5.23. The highest BCUT2D eigenvalue weighted by Crippen LogP contribution is 2.29. The molecule has 1 aromatic rings. The topological polar surface area (TPSA) is 60.6 Å². The first kappa shape index (κ1) is 15.7. The van der Waals surface area contributed by atoms with Crippen LogP contribution in [0.3, 0.4) is 0 Å². The molecule has 0 amide bonds. The Hall–Kier alpha value is -1.40. The SMILES string of the molecule is COc1ccnc(CN(C)C(C)CC(N)=S)c1OC. The van der Waals surface area contributed by atoms with Crippen molar-refractivity contribution in [2.24, 2.45) is 5.73 Å². The van der Waals surface area contributed by atoms with Gasteiger partial charge in [-0.1, -0.05) is 12.2 Å². The van der Waals surface area contributed by atoms with Crippen LogP contribution in [0.5, 0.6) is 11.5 Å². The zero-order valence-electron chi connectivity index (χ0n) is 11.8. The highest BCUT2D eigenvalue weighted by Gasteiger charge is 2.16. The van der Waals surface area contributed by atoms with Gasteiger partial charge in [-0.25, -0.2) is 0 Å². The molecule has 0 aliphatic heterocycles. The fourth-order valence-electron chi connectivity index (χ4n) is 1.80. The summed E-state index contributed by atoms with van der Waals surface area (Å²) in [6.07, 6.45) is 2.39. The van der Waals surface area contributed by atoms with E-state index in [4.69, 9.17) is 27.4 Å². The summed E-state index contributed by atoms with van der Waals surface area (Å²) >= 11 is 4.93. The first-order valence-electron chi connectivity index (χ1n) is 6.04. The largest absolute Gasteiger partial charge is 0.493 e. The van der Waals surface area contributed by atoms with Crippen molar-refractivity contribution >= 4 is 17.2 Å². The van der Waals surface area contributed by atoms with E-state index < -0.39 is 0 Å². The van der Waals surface area contributed by atoms with Gasteiger partial charge < -0.3 is 15.2 Å². The van der Waals surface area contributed by atoms with Gasteiger partial charge in [0.2, 0.25) is 0 Å². The Labute approximate surface area is 119 Å². The van der Waals surface area contributed by atoms with Crippen LogP contribution in [0.1, 0.15) is 19.0 Å². The maximum atomic E-state index is 5.57. The molecule has 0 aliphatic carbocycles. The summed E-state index contributed by atoms with van der Waals surface area (Å²) in [5.41, 5.74) is 6.40. The van der Waals surface area contributed by atoms with Gasteiger partial charge in [-0.2, -0.15) is 0 Å². The van der Waals surface area contributed by atoms with E-state index >= 15 is 0 Å². The number of rotatable bonds is 7. The molecule has 0 saturated heterocycles. The van der Waals surface area contributed by atoms with Gasteiger partial charge in [-0.05, 0) is 14.0 Å². The smallest absolute Gasteiger partial charge is 0.183 e. The lowest BCUT2D eigenvalue weighted by Crippen LogP contribution is -2.32. The molecule has 1 atom stereocenters. The number of thiocarbonyl (C=S) groups is 1. The summed E-state index contributed by atoms with van der Waals surface area (Å²) < 4.78 is 10.6. The average molecular weight is 283 g/mol. The van der Waals surface area contributed by atoms with Gasteiger partial charge in [-0.3, -0.25) is 9.88 Å². The maximum Gasteiger partial charge on any atom is 0.183 e. The Balaban J connectivity index is 2.84. The number of methoxy groups -OCH3 is 2. The van der Waals surface area contributed by atoms with E-state index in [9.17, 15) is 0 Å². The van der Waals surface area contributed by atoms with Crippen LogP contribution >= 0.6 is 12.2 Å². The van der Waals surface area contributed by atoms with Crippen LogP contribution in [-0.2, 0) is 6.54 Å². The molecule has 0 bridgehead atoms. The molecule has 2 N–H and O–H groups in total. The predicted octanol–water partition coefficient (Wildman–Crippen LogP) is 1.60. The van der Waals surface area contributed by atoms with E-state index in [1.165, 1.54) is 0 Å².